The van der Waals surface area contributed by atoms with Crippen LogP contribution in [0.25, 0.3) is 22.0 Å². The fraction of sp³-hybridized carbons (Fsp3) is 0.538. The number of piperazine rings is 1. The molecule has 0 radical (unpaired) electrons. The van der Waals surface area contributed by atoms with Crippen molar-refractivity contribution >= 4 is 40.1 Å². The van der Waals surface area contributed by atoms with Crippen molar-refractivity contribution in [3.05, 3.63) is 53.6 Å². The van der Waals surface area contributed by atoms with Crippen molar-refractivity contribution in [2.45, 2.75) is 70.9 Å². The molecular weight excluding hydrogens is 692 g/mol. The Morgan fingerprint density at radius 2 is 1.75 bits per heavy atom. The van der Waals surface area contributed by atoms with E-state index in [0.29, 0.717) is 38.5 Å². The summed E-state index contributed by atoms with van der Waals surface area (Å²) in [5.74, 6) is 0.347. The number of phenolic OH excluding ortho intramolecular Hbond substituents is 1. The standard InChI is InChI=1S/C39H46ClF2N5O5/c1-4-32(50)46-20-23(3)47(21-22(46)2)37-27-15-28(40)33(34-29(41)6-5-7-30(34)48)35(42)36(27)44-38(45-37)52-11-10-51-9-8-43-31(49)19-39-16-24-12-25(17-39)14-26(13-24)18-39/h4-7,15,22-26,48H,1,8-14,16-21H2,2-3H3,(H,43,49)/t22-,23+,24?,25?,26?,39?/m1/s1. The van der Waals surface area contributed by atoms with Crippen molar-refractivity contribution in [2.75, 3.05) is 44.4 Å². The Morgan fingerprint density at radius 3 is 2.42 bits per heavy atom. The van der Waals surface area contributed by atoms with E-state index in [0.717, 1.165) is 23.8 Å². The van der Waals surface area contributed by atoms with Crippen molar-refractivity contribution in [1.82, 2.24) is 20.2 Å². The molecule has 1 aliphatic heterocycles. The molecule has 2 aromatic carbocycles. The Labute approximate surface area is 307 Å². The van der Waals surface area contributed by atoms with E-state index >= 15 is 4.39 Å². The Balaban J connectivity index is 1.04. The van der Waals surface area contributed by atoms with Gasteiger partial charge in [-0.1, -0.05) is 24.2 Å². The minimum absolute atomic E-state index is 0.0376. The topological polar surface area (TPSA) is 117 Å². The number of hydrogen-bond acceptors (Lipinski definition) is 8. The number of nitrogens with one attached hydrogen (secondary N) is 1. The number of benzene rings is 2. The van der Waals surface area contributed by atoms with Gasteiger partial charge >= 0.3 is 6.01 Å². The summed E-state index contributed by atoms with van der Waals surface area (Å²) in [5, 5.41) is 13.6. The van der Waals surface area contributed by atoms with Gasteiger partial charge in [-0.3, -0.25) is 9.59 Å². The Bertz CT molecular complexity index is 1820. The van der Waals surface area contributed by atoms with E-state index in [1.807, 2.05) is 18.7 Å². The molecule has 0 spiro atoms. The van der Waals surface area contributed by atoms with Gasteiger partial charge in [0, 0.05) is 49.1 Å². The van der Waals surface area contributed by atoms with Gasteiger partial charge in [0.15, 0.2) is 5.82 Å². The second kappa shape index (κ2) is 14.8. The summed E-state index contributed by atoms with van der Waals surface area (Å²) in [5.41, 5.74) is -0.711. The van der Waals surface area contributed by atoms with E-state index in [1.165, 1.54) is 62.8 Å². The Kier molecular flexibility index (Phi) is 10.3. The maximum Gasteiger partial charge on any atom is 0.319 e. The number of amides is 2. The van der Waals surface area contributed by atoms with Crippen LogP contribution in [0, 0.1) is 34.8 Å². The number of ether oxygens (including phenoxy) is 2. The molecule has 2 amide bonds. The second-order valence-corrected chi connectivity index (χ2v) is 15.8. The number of carbonyl (C=O) groups excluding carboxylic acids is 2. The highest BCUT2D eigenvalue weighted by molar-refractivity contribution is 6.34. The summed E-state index contributed by atoms with van der Waals surface area (Å²) < 4.78 is 43.1. The van der Waals surface area contributed by atoms with E-state index in [1.54, 1.807) is 4.90 Å². The number of hydrogen-bond donors (Lipinski definition) is 2. The molecule has 2 N–H and O–H groups in total. The molecular formula is C39H46ClF2N5O5. The predicted molar refractivity (Wildman–Crippen MR) is 194 cm³/mol. The zero-order valence-corrected chi connectivity index (χ0v) is 30.4. The first-order valence-corrected chi connectivity index (χ1v) is 18.7. The third-order valence-electron chi connectivity index (χ3n) is 11.5. The van der Waals surface area contributed by atoms with E-state index in [2.05, 4.69) is 21.9 Å². The van der Waals surface area contributed by atoms with Gasteiger partial charge in [-0.25, -0.2) is 8.78 Å². The summed E-state index contributed by atoms with van der Waals surface area (Å²) in [7, 11) is 0. The van der Waals surface area contributed by atoms with Crippen molar-refractivity contribution in [2.24, 2.45) is 23.2 Å². The molecule has 10 nitrogen and oxygen atoms in total. The monoisotopic (exact) mass is 737 g/mol. The number of carbonyl (C=O) groups is 2. The van der Waals surface area contributed by atoms with Crippen molar-refractivity contribution in [3.8, 4) is 22.9 Å². The molecule has 1 aromatic heterocycles. The number of halogens is 3. The minimum Gasteiger partial charge on any atom is -0.507 e. The minimum atomic E-state index is -0.946. The molecule has 4 saturated carbocycles. The second-order valence-electron chi connectivity index (χ2n) is 15.4. The first kappa shape index (κ1) is 36.3. The first-order valence-electron chi connectivity index (χ1n) is 18.3. The maximum absolute atomic E-state index is 16.5. The van der Waals surface area contributed by atoms with Gasteiger partial charge in [-0.2, -0.15) is 9.97 Å². The van der Waals surface area contributed by atoms with Gasteiger partial charge in [-0.15, -0.1) is 0 Å². The van der Waals surface area contributed by atoms with Crippen LogP contribution in [0.4, 0.5) is 14.6 Å². The van der Waals surface area contributed by atoms with Crippen LogP contribution in [-0.4, -0.2) is 83.3 Å². The van der Waals surface area contributed by atoms with Gasteiger partial charge in [0.25, 0.3) is 0 Å². The number of anilines is 1. The van der Waals surface area contributed by atoms with E-state index in [-0.39, 0.29) is 75.6 Å². The molecule has 2 heterocycles. The van der Waals surface area contributed by atoms with Gasteiger partial charge in [0.1, 0.15) is 29.5 Å². The molecule has 4 aliphatic carbocycles. The first-order chi connectivity index (χ1) is 24.9. The largest absolute Gasteiger partial charge is 0.507 e. The van der Waals surface area contributed by atoms with Crippen LogP contribution >= 0.6 is 11.6 Å². The molecule has 3 aromatic rings. The summed E-state index contributed by atoms with van der Waals surface area (Å²) in [6, 6.07) is 4.52. The average molecular weight is 738 g/mol. The van der Waals surface area contributed by atoms with Crippen molar-refractivity contribution < 1.29 is 33.0 Å². The zero-order valence-electron chi connectivity index (χ0n) is 29.7. The normalized spacial score (nSPS) is 26.5. The predicted octanol–water partition coefficient (Wildman–Crippen LogP) is 6.66. The number of aromatic hydroxyl groups is 1. The molecule has 2 atom stereocenters. The van der Waals surface area contributed by atoms with Crippen LogP contribution in [0.1, 0.15) is 58.8 Å². The van der Waals surface area contributed by atoms with Crippen molar-refractivity contribution in [1.29, 1.82) is 0 Å². The average Bonchev–Trinajstić information content (AvgIpc) is 3.08. The number of fused-ring (bicyclic) bond motifs is 1. The molecule has 52 heavy (non-hydrogen) atoms. The van der Waals surface area contributed by atoms with Gasteiger partial charge in [-0.05, 0) is 99.8 Å². The van der Waals surface area contributed by atoms with Crippen LogP contribution in [0.2, 0.25) is 5.02 Å². The molecule has 8 rings (SSSR count). The summed E-state index contributed by atoms with van der Waals surface area (Å²) in [6.07, 6.45) is 9.47. The van der Waals surface area contributed by atoms with Crippen LogP contribution in [0.15, 0.2) is 36.9 Å². The fourth-order valence-electron chi connectivity index (χ4n) is 9.74. The van der Waals surface area contributed by atoms with Gasteiger partial charge in [0.2, 0.25) is 11.8 Å². The fourth-order valence-corrected chi connectivity index (χ4v) is 10.0. The van der Waals surface area contributed by atoms with Crippen LogP contribution in [-0.2, 0) is 14.3 Å². The molecule has 4 bridgehead atoms. The lowest BCUT2D eigenvalue weighted by Crippen LogP contribution is -2.58. The molecule has 1 saturated heterocycles. The molecule has 5 aliphatic rings. The summed E-state index contributed by atoms with van der Waals surface area (Å²) in [4.78, 5) is 38.1. The molecule has 13 heteroatoms. The third-order valence-corrected chi connectivity index (χ3v) is 11.8. The molecule has 0 unspecified atom stereocenters. The van der Waals surface area contributed by atoms with E-state index in [9.17, 15) is 19.1 Å². The number of rotatable bonds is 12. The number of nitrogens with zero attached hydrogens (tertiary/aromatic N) is 4. The summed E-state index contributed by atoms with van der Waals surface area (Å²) in [6.45, 7) is 9.03. The molecule has 5 fully saturated rings. The third kappa shape index (κ3) is 7.16. The van der Waals surface area contributed by atoms with Crippen LogP contribution in [0.5, 0.6) is 11.8 Å². The lowest BCUT2D eigenvalue weighted by molar-refractivity contribution is -0.130. The lowest BCUT2D eigenvalue weighted by atomic mass is 9.49. The molecule has 278 valence electrons. The SMILES string of the molecule is C=CC(=O)N1C[C@H](C)N(c2nc(OCCOCCNC(=O)CC34CC5CC(CC(C5)C3)C4)nc3c(F)c(-c4c(O)cccc4F)c(Cl)cc23)C[C@H]1C. The number of aromatic nitrogens is 2. The quantitative estimate of drug-likeness (QED) is 0.157. The summed E-state index contributed by atoms with van der Waals surface area (Å²) >= 11 is 6.60. The highest BCUT2D eigenvalue weighted by atomic mass is 35.5. The highest BCUT2D eigenvalue weighted by Gasteiger charge is 2.51. The zero-order chi connectivity index (χ0) is 36.7. The van der Waals surface area contributed by atoms with Crippen LogP contribution in [0.3, 0.4) is 0 Å². The Morgan fingerprint density at radius 1 is 1.04 bits per heavy atom. The van der Waals surface area contributed by atoms with Gasteiger partial charge < -0.3 is 29.7 Å². The Hall–Kier alpha value is -4.03. The van der Waals surface area contributed by atoms with E-state index in [4.69, 9.17) is 21.1 Å². The lowest BCUT2D eigenvalue weighted by Gasteiger charge is -2.56. The number of phenols is 1. The van der Waals surface area contributed by atoms with Gasteiger partial charge in [0.05, 0.1) is 23.8 Å². The van der Waals surface area contributed by atoms with Crippen molar-refractivity contribution in [3.63, 3.8) is 0 Å². The highest BCUT2D eigenvalue weighted by Crippen LogP contribution is 2.61. The smallest absolute Gasteiger partial charge is 0.319 e. The van der Waals surface area contributed by atoms with Crippen LogP contribution < -0.4 is 15.0 Å². The van der Waals surface area contributed by atoms with E-state index < -0.39 is 17.4 Å². The maximum atomic E-state index is 16.5.